The highest BCUT2D eigenvalue weighted by atomic mass is 16.5. The Balaban J connectivity index is 1.53. The van der Waals surface area contributed by atoms with Crippen LogP contribution in [0.3, 0.4) is 0 Å². The Bertz CT molecular complexity index is 654. The number of methoxy groups -OCH3 is 1. The lowest BCUT2D eigenvalue weighted by Crippen LogP contribution is -2.23. The second-order valence-corrected chi connectivity index (χ2v) is 5.60. The monoisotopic (exact) mass is 295 g/mol. The van der Waals surface area contributed by atoms with Crippen molar-refractivity contribution in [2.24, 2.45) is 16.6 Å². The summed E-state index contributed by atoms with van der Waals surface area (Å²) in [5.41, 5.74) is 8.25. The first kappa shape index (κ1) is 14.4. The van der Waals surface area contributed by atoms with Crippen molar-refractivity contribution < 1.29 is 4.74 Å². The number of rotatable bonds is 5. The Hall–Kier alpha value is -2.49. The number of nitrogens with zero attached hydrogens (tertiary/aromatic N) is 1. The Morgan fingerprint density at radius 2 is 2.05 bits per heavy atom. The van der Waals surface area contributed by atoms with E-state index in [2.05, 4.69) is 40.6 Å². The standard InChI is InChI=1S/C18H21N3O/c1-22-16-9-5-8-15(11-16)21-18(19)20-12-14-10-17(14)13-6-3-2-4-7-13/h2-9,11,14,17H,10,12H2,1H3,(H3,19,20,21). The first-order valence-electron chi connectivity index (χ1n) is 7.52. The van der Waals surface area contributed by atoms with Crippen LogP contribution in [0.15, 0.2) is 59.6 Å². The minimum atomic E-state index is 0.451. The molecule has 0 heterocycles. The van der Waals surface area contributed by atoms with Crippen LogP contribution in [0.1, 0.15) is 17.9 Å². The number of benzene rings is 2. The maximum Gasteiger partial charge on any atom is 0.193 e. The normalized spacial score (nSPS) is 20.5. The van der Waals surface area contributed by atoms with Gasteiger partial charge < -0.3 is 15.8 Å². The van der Waals surface area contributed by atoms with E-state index in [0.29, 0.717) is 17.8 Å². The van der Waals surface area contributed by atoms with E-state index in [1.807, 2.05) is 24.3 Å². The van der Waals surface area contributed by atoms with Crippen LogP contribution >= 0.6 is 0 Å². The van der Waals surface area contributed by atoms with Crippen LogP contribution in [0, 0.1) is 5.92 Å². The molecule has 2 unspecified atom stereocenters. The third kappa shape index (κ3) is 3.58. The number of aliphatic imine (C=N–C) groups is 1. The Morgan fingerprint density at radius 3 is 2.82 bits per heavy atom. The maximum absolute atomic E-state index is 5.96. The zero-order valence-electron chi connectivity index (χ0n) is 12.7. The Kier molecular flexibility index (Phi) is 4.28. The van der Waals surface area contributed by atoms with Gasteiger partial charge in [-0.1, -0.05) is 36.4 Å². The van der Waals surface area contributed by atoms with Crippen LogP contribution in [0.2, 0.25) is 0 Å². The highest BCUT2D eigenvalue weighted by Crippen LogP contribution is 2.47. The molecule has 1 saturated carbocycles. The number of hydrogen-bond acceptors (Lipinski definition) is 2. The van der Waals surface area contributed by atoms with Crippen molar-refractivity contribution in [2.75, 3.05) is 19.0 Å². The predicted octanol–water partition coefficient (Wildman–Crippen LogP) is 3.23. The van der Waals surface area contributed by atoms with Crippen LogP contribution in [-0.2, 0) is 0 Å². The summed E-state index contributed by atoms with van der Waals surface area (Å²) in [6.07, 6.45) is 1.19. The molecule has 0 radical (unpaired) electrons. The molecular weight excluding hydrogens is 274 g/mol. The number of nitrogens with two attached hydrogens (primary N) is 1. The molecule has 0 bridgehead atoms. The average Bonchev–Trinajstić information content (AvgIpc) is 3.34. The molecule has 0 saturated heterocycles. The van der Waals surface area contributed by atoms with E-state index in [9.17, 15) is 0 Å². The highest BCUT2D eigenvalue weighted by molar-refractivity contribution is 5.92. The van der Waals surface area contributed by atoms with Crippen molar-refractivity contribution in [1.29, 1.82) is 0 Å². The van der Waals surface area contributed by atoms with Crippen LogP contribution in [0.5, 0.6) is 5.75 Å². The van der Waals surface area contributed by atoms with Gasteiger partial charge in [0.2, 0.25) is 0 Å². The fourth-order valence-corrected chi connectivity index (χ4v) is 2.66. The predicted molar refractivity (Wildman–Crippen MR) is 90.4 cm³/mol. The van der Waals surface area contributed by atoms with E-state index >= 15 is 0 Å². The lowest BCUT2D eigenvalue weighted by atomic mass is 10.1. The molecule has 3 N–H and O–H groups in total. The van der Waals surface area contributed by atoms with Gasteiger partial charge in [0.05, 0.1) is 7.11 Å². The lowest BCUT2D eigenvalue weighted by Gasteiger charge is -2.07. The second-order valence-electron chi connectivity index (χ2n) is 5.60. The van der Waals surface area contributed by atoms with Gasteiger partial charge in [-0.15, -0.1) is 0 Å². The van der Waals surface area contributed by atoms with Crippen LogP contribution in [0.4, 0.5) is 5.69 Å². The molecule has 0 spiro atoms. The number of hydrogen-bond donors (Lipinski definition) is 2. The second kappa shape index (κ2) is 6.52. The fraction of sp³-hybridized carbons (Fsp3) is 0.278. The summed E-state index contributed by atoms with van der Waals surface area (Å²) in [4.78, 5) is 4.46. The molecular formula is C18H21N3O. The van der Waals surface area contributed by atoms with E-state index < -0.39 is 0 Å². The molecule has 0 aliphatic heterocycles. The largest absolute Gasteiger partial charge is 0.497 e. The molecule has 1 aliphatic carbocycles. The van der Waals surface area contributed by atoms with Crippen molar-refractivity contribution in [2.45, 2.75) is 12.3 Å². The maximum atomic E-state index is 5.96. The van der Waals surface area contributed by atoms with Gasteiger partial charge in [0.15, 0.2) is 5.96 Å². The zero-order chi connectivity index (χ0) is 15.4. The van der Waals surface area contributed by atoms with Crippen molar-refractivity contribution in [1.82, 2.24) is 0 Å². The number of nitrogens with one attached hydrogen (secondary N) is 1. The highest BCUT2D eigenvalue weighted by Gasteiger charge is 2.37. The molecule has 114 valence electrons. The average molecular weight is 295 g/mol. The lowest BCUT2D eigenvalue weighted by molar-refractivity contribution is 0.415. The van der Waals surface area contributed by atoms with Crippen molar-refractivity contribution in [3.8, 4) is 5.75 Å². The number of guanidine groups is 1. The van der Waals surface area contributed by atoms with Crippen molar-refractivity contribution in [3.63, 3.8) is 0 Å². The van der Waals surface area contributed by atoms with Crippen molar-refractivity contribution >= 4 is 11.6 Å². The first-order chi connectivity index (χ1) is 10.8. The quantitative estimate of drug-likeness (QED) is 0.657. The van der Waals surface area contributed by atoms with Gasteiger partial charge in [-0.25, -0.2) is 0 Å². The summed E-state index contributed by atoms with van der Waals surface area (Å²) < 4.78 is 5.19. The summed E-state index contributed by atoms with van der Waals surface area (Å²) in [5, 5.41) is 3.10. The van der Waals surface area contributed by atoms with Gasteiger partial charge in [-0.2, -0.15) is 0 Å². The number of anilines is 1. The van der Waals surface area contributed by atoms with Crippen molar-refractivity contribution in [3.05, 3.63) is 60.2 Å². The SMILES string of the molecule is COc1cccc(NC(N)=NCC2CC2c2ccccc2)c1. The third-order valence-electron chi connectivity index (χ3n) is 3.99. The van der Waals surface area contributed by atoms with E-state index in [0.717, 1.165) is 18.0 Å². The molecule has 2 aromatic carbocycles. The summed E-state index contributed by atoms with van der Waals surface area (Å²) in [6.45, 7) is 0.766. The molecule has 0 amide bonds. The summed E-state index contributed by atoms with van der Waals surface area (Å²) in [5.74, 6) is 2.48. The molecule has 1 fully saturated rings. The minimum Gasteiger partial charge on any atom is -0.497 e. The minimum absolute atomic E-state index is 0.451. The van der Waals surface area contributed by atoms with E-state index in [4.69, 9.17) is 10.5 Å². The topological polar surface area (TPSA) is 59.6 Å². The molecule has 0 aromatic heterocycles. The van der Waals surface area contributed by atoms with E-state index in [1.165, 1.54) is 12.0 Å². The summed E-state index contributed by atoms with van der Waals surface area (Å²) in [7, 11) is 1.65. The summed E-state index contributed by atoms with van der Waals surface area (Å²) in [6, 6.07) is 18.3. The third-order valence-corrected chi connectivity index (χ3v) is 3.99. The van der Waals surface area contributed by atoms with Gasteiger partial charge in [-0.05, 0) is 36.0 Å². The first-order valence-corrected chi connectivity index (χ1v) is 7.52. The molecule has 2 atom stereocenters. The molecule has 3 rings (SSSR count). The molecule has 1 aliphatic rings. The smallest absolute Gasteiger partial charge is 0.193 e. The zero-order valence-corrected chi connectivity index (χ0v) is 12.7. The van der Waals surface area contributed by atoms with Gasteiger partial charge in [0, 0.05) is 18.3 Å². The van der Waals surface area contributed by atoms with Gasteiger partial charge in [-0.3, -0.25) is 4.99 Å². The van der Waals surface area contributed by atoms with E-state index in [1.54, 1.807) is 7.11 Å². The molecule has 4 heteroatoms. The number of ether oxygens (including phenoxy) is 1. The van der Waals surface area contributed by atoms with E-state index in [-0.39, 0.29) is 0 Å². The molecule has 2 aromatic rings. The Morgan fingerprint density at radius 1 is 1.23 bits per heavy atom. The van der Waals surface area contributed by atoms with Crippen LogP contribution < -0.4 is 15.8 Å². The van der Waals surface area contributed by atoms with Gasteiger partial charge in [0.1, 0.15) is 5.75 Å². The molecule has 22 heavy (non-hydrogen) atoms. The Labute approximate surface area is 131 Å². The summed E-state index contributed by atoms with van der Waals surface area (Å²) >= 11 is 0. The fourth-order valence-electron chi connectivity index (χ4n) is 2.66. The molecule has 4 nitrogen and oxygen atoms in total. The van der Waals surface area contributed by atoms with Crippen LogP contribution in [-0.4, -0.2) is 19.6 Å². The van der Waals surface area contributed by atoms with Gasteiger partial charge >= 0.3 is 0 Å². The van der Waals surface area contributed by atoms with Gasteiger partial charge in [0.25, 0.3) is 0 Å². The van der Waals surface area contributed by atoms with Crippen LogP contribution in [0.25, 0.3) is 0 Å².